The van der Waals surface area contributed by atoms with E-state index >= 15 is 0 Å². The van der Waals surface area contributed by atoms with Crippen LogP contribution in [0.3, 0.4) is 0 Å². The molecule has 1 atom stereocenters. The van der Waals surface area contributed by atoms with Gasteiger partial charge in [0, 0.05) is 52.1 Å². The van der Waals surface area contributed by atoms with Crippen LogP contribution in [0.2, 0.25) is 0 Å². The van der Waals surface area contributed by atoms with E-state index in [1.54, 1.807) is 24.1 Å². The number of aryl methyl sites for hydroxylation is 1. The maximum absolute atomic E-state index is 13.3. The summed E-state index contributed by atoms with van der Waals surface area (Å²) in [5.74, 6) is 0.244. The van der Waals surface area contributed by atoms with Gasteiger partial charge in [-0.25, -0.2) is 0 Å². The third-order valence-corrected chi connectivity index (χ3v) is 5.99. The van der Waals surface area contributed by atoms with Crippen LogP contribution in [-0.4, -0.2) is 70.3 Å². The molecule has 7 heteroatoms. The highest BCUT2D eigenvalue weighted by Gasteiger charge is 2.50. The zero-order valence-corrected chi connectivity index (χ0v) is 14.8. The highest BCUT2D eigenvalue weighted by atomic mass is 16.5. The molecule has 3 fully saturated rings. The molecule has 0 radical (unpaired) electrons. The second kappa shape index (κ2) is 6.44. The van der Waals surface area contributed by atoms with Gasteiger partial charge in [-0.05, 0) is 32.1 Å². The Hall–Kier alpha value is -1.89. The lowest BCUT2D eigenvalue weighted by Crippen LogP contribution is -2.55. The quantitative estimate of drug-likeness (QED) is 0.803. The average Bonchev–Trinajstić information content (AvgIpc) is 3.25. The fourth-order valence-electron chi connectivity index (χ4n) is 4.58. The number of hydrogen-bond donors (Lipinski definition) is 0. The fourth-order valence-corrected chi connectivity index (χ4v) is 4.58. The molecule has 1 aromatic rings. The summed E-state index contributed by atoms with van der Waals surface area (Å²) in [6.45, 7) is 3.53. The molecule has 1 spiro atoms. The molecule has 4 rings (SSSR count). The molecule has 2 amide bonds. The Balaban J connectivity index is 1.48. The van der Waals surface area contributed by atoms with E-state index in [1.807, 2.05) is 4.90 Å². The molecule has 7 nitrogen and oxygen atoms in total. The number of carbonyl (C=O) groups excluding carboxylic acids is 2. The first-order valence-electron chi connectivity index (χ1n) is 9.26. The van der Waals surface area contributed by atoms with Gasteiger partial charge in [-0.3, -0.25) is 14.3 Å². The standard InChI is InChI=1S/C18H26N4O3/c1-20-12-14(11-19-20)16(23)21-8-6-18(13-21)5-2-7-22(17(18)24)15-3-9-25-10-4-15/h11-12,15H,2-10,13H2,1H3/t18-/m0/s1. The van der Waals surface area contributed by atoms with Crippen LogP contribution in [0.5, 0.6) is 0 Å². The maximum atomic E-state index is 13.3. The molecular weight excluding hydrogens is 320 g/mol. The van der Waals surface area contributed by atoms with Crippen LogP contribution >= 0.6 is 0 Å². The largest absolute Gasteiger partial charge is 0.381 e. The second-order valence-electron chi connectivity index (χ2n) is 7.61. The minimum Gasteiger partial charge on any atom is -0.381 e. The highest BCUT2D eigenvalue weighted by Crippen LogP contribution is 2.41. The van der Waals surface area contributed by atoms with E-state index in [9.17, 15) is 9.59 Å². The molecule has 25 heavy (non-hydrogen) atoms. The topological polar surface area (TPSA) is 67.7 Å². The van der Waals surface area contributed by atoms with E-state index in [2.05, 4.69) is 10.00 Å². The summed E-state index contributed by atoms with van der Waals surface area (Å²) in [7, 11) is 1.80. The van der Waals surface area contributed by atoms with Crippen molar-refractivity contribution in [3.05, 3.63) is 18.0 Å². The predicted octanol–water partition coefficient (Wildman–Crippen LogP) is 1.05. The van der Waals surface area contributed by atoms with Gasteiger partial charge in [0.25, 0.3) is 5.91 Å². The first-order valence-corrected chi connectivity index (χ1v) is 9.26. The predicted molar refractivity (Wildman–Crippen MR) is 90.9 cm³/mol. The van der Waals surface area contributed by atoms with Gasteiger partial charge < -0.3 is 14.5 Å². The molecule has 0 N–H and O–H groups in total. The highest BCUT2D eigenvalue weighted by molar-refractivity contribution is 5.95. The van der Waals surface area contributed by atoms with Gasteiger partial charge in [-0.1, -0.05) is 0 Å². The Morgan fingerprint density at radius 1 is 1.28 bits per heavy atom. The monoisotopic (exact) mass is 346 g/mol. The summed E-state index contributed by atoms with van der Waals surface area (Å²) in [6, 6.07) is 0.307. The summed E-state index contributed by atoms with van der Waals surface area (Å²) in [5.41, 5.74) is 0.220. The van der Waals surface area contributed by atoms with E-state index in [1.165, 1.54) is 0 Å². The van der Waals surface area contributed by atoms with Crippen molar-refractivity contribution in [1.29, 1.82) is 0 Å². The number of amides is 2. The molecule has 136 valence electrons. The lowest BCUT2D eigenvalue weighted by molar-refractivity contribution is -0.150. The van der Waals surface area contributed by atoms with Crippen molar-refractivity contribution in [1.82, 2.24) is 19.6 Å². The van der Waals surface area contributed by atoms with Crippen molar-refractivity contribution >= 4 is 11.8 Å². The van der Waals surface area contributed by atoms with Crippen molar-refractivity contribution in [2.75, 3.05) is 32.8 Å². The number of carbonyl (C=O) groups is 2. The lowest BCUT2D eigenvalue weighted by Gasteiger charge is -2.44. The van der Waals surface area contributed by atoms with E-state index in [4.69, 9.17) is 4.74 Å². The van der Waals surface area contributed by atoms with Gasteiger partial charge in [0.2, 0.25) is 5.91 Å². The summed E-state index contributed by atoms with van der Waals surface area (Å²) >= 11 is 0. The molecule has 3 aliphatic rings. The maximum Gasteiger partial charge on any atom is 0.257 e. The van der Waals surface area contributed by atoms with E-state index in [0.29, 0.717) is 24.7 Å². The van der Waals surface area contributed by atoms with Crippen LogP contribution in [0.4, 0.5) is 0 Å². The van der Waals surface area contributed by atoms with Crippen molar-refractivity contribution in [2.24, 2.45) is 12.5 Å². The number of rotatable bonds is 2. The van der Waals surface area contributed by atoms with Gasteiger partial charge in [-0.15, -0.1) is 0 Å². The summed E-state index contributed by atoms with van der Waals surface area (Å²) in [6.07, 6.45) is 7.90. The van der Waals surface area contributed by atoms with Crippen LogP contribution < -0.4 is 0 Å². The van der Waals surface area contributed by atoms with Gasteiger partial charge in [0.1, 0.15) is 0 Å². The Morgan fingerprint density at radius 2 is 2.08 bits per heavy atom. The fraction of sp³-hybridized carbons (Fsp3) is 0.722. The molecule has 0 aromatic carbocycles. The van der Waals surface area contributed by atoms with Crippen molar-refractivity contribution in [3.63, 3.8) is 0 Å². The number of ether oxygens (including phenoxy) is 1. The minimum atomic E-state index is -0.381. The molecular formula is C18H26N4O3. The first kappa shape index (κ1) is 16.6. The van der Waals surface area contributed by atoms with E-state index < -0.39 is 0 Å². The van der Waals surface area contributed by atoms with Crippen LogP contribution in [0.1, 0.15) is 42.5 Å². The minimum absolute atomic E-state index is 0.0130. The number of piperidine rings is 1. The average molecular weight is 346 g/mol. The Kier molecular flexibility index (Phi) is 4.27. The lowest BCUT2D eigenvalue weighted by atomic mass is 9.77. The third-order valence-electron chi connectivity index (χ3n) is 5.99. The Bertz CT molecular complexity index is 667. The normalized spacial score (nSPS) is 28.1. The molecule has 0 saturated carbocycles. The molecule has 3 saturated heterocycles. The molecule has 0 bridgehead atoms. The van der Waals surface area contributed by atoms with Crippen molar-refractivity contribution < 1.29 is 14.3 Å². The third kappa shape index (κ3) is 2.94. The van der Waals surface area contributed by atoms with Gasteiger partial charge in [-0.2, -0.15) is 5.10 Å². The van der Waals surface area contributed by atoms with Crippen LogP contribution in [0.25, 0.3) is 0 Å². The molecule has 4 heterocycles. The SMILES string of the molecule is Cn1cc(C(=O)N2CC[C@@]3(CCCN(C4CCOCC4)C3=O)C2)cn1. The number of hydrogen-bond acceptors (Lipinski definition) is 4. The number of likely N-dealkylation sites (tertiary alicyclic amines) is 2. The molecule has 1 aromatic heterocycles. The van der Waals surface area contributed by atoms with Gasteiger partial charge in [0.15, 0.2) is 0 Å². The molecule has 0 aliphatic carbocycles. The summed E-state index contributed by atoms with van der Waals surface area (Å²) in [5, 5.41) is 4.08. The van der Waals surface area contributed by atoms with Gasteiger partial charge in [0.05, 0.1) is 17.2 Å². The second-order valence-corrected chi connectivity index (χ2v) is 7.61. The number of nitrogens with zero attached hydrogens (tertiary/aromatic N) is 4. The van der Waals surface area contributed by atoms with E-state index in [0.717, 1.165) is 51.9 Å². The number of aromatic nitrogens is 2. The van der Waals surface area contributed by atoms with Crippen molar-refractivity contribution in [3.8, 4) is 0 Å². The van der Waals surface area contributed by atoms with Crippen LogP contribution in [0, 0.1) is 5.41 Å². The van der Waals surface area contributed by atoms with E-state index in [-0.39, 0.29) is 17.2 Å². The first-order chi connectivity index (χ1) is 12.1. The van der Waals surface area contributed by atoms with Crippen molar-refractivity contribution in [2.45, 2.75) is 38.1 Å². The zero-order chi connectivity index (χ0) is 17.4. The Morgan fingerprint density at radius 3 is 2.80 bits per heavy atom. The molecule has 0 unspecified atom stereocenters. The van der Waals surface area contributed by atoms with Crippen LogP contribution in [0.15, 0.2) is 12.4 Å². The smallest absolute Gasteiger partial charge is 0.257 e. The van der Waals surface area contributed by atoms with Crippen LogP contribution in [-0.2, 0) is 16.6 Å². The zero-order valence-electron chi connectivity index (χ0n) is 14.8. The molecule has 3 aliphatic heterocycles. The summed E-state index contributed by atoms with van der Waals surface area (Å²) < 4.78 is 7.08. The van der Waals surface area contributed by atoms with Gasteiger partial charge >= 0.3 is 0 Å². The summed E-state index contributed by atoms with van der Waals surface area (Å²) in [4.78, 5) is 29.9. The Labute approximate surface area is 147 Å².